The van der Waals surface area contributed by atoms with Crippen molar-refractivity contribution in [2.75, 3.05) is 13.2 Å². The van der Waals surface area contributed by atoms with Crippen LogP contribution in [0.15, 0.2) is 22.6 Å². The predicted molar refractivity (Wildman–Crippen MR) is 82.5 cm³/mol. The van der Waals surface area contributed by atoms with Crippen molar-refractivity contribution in [1.29, 1.82) is 0 Å². The number of aromatic nitrogens is 3. The number of fused-ring (bicyclic) bond motifs is 1. The monoisotopic (exact) mass is 331 g/mol. The minimum atomic E-state index is -0.693. The summed E-state index contributed by atoms with van der Waals surface area (Å²) in [6.07, 6.45) is 1.60. The van der Waals surface area contributed by atoms with Gasteiger partial charge in [0.05, 0.1) is 0 Å². The van der Waals surface area contributed by atoms with Crippen LogP contribution in [0.3, 0.4) is 0 Å². The maximum absolute atomic E-state index is 14.3. The van der Waals surface area contributed by atoms with Crippen molar-refractivity contribution in [1.82, 2.24) is 15.0 Å². The molecule has 1 aliphatic heterocycles. The Morgan fingerprint density at radius 2 is 1.88 bits per heavy atom. The van der Waals surface area contributed by atoms with Crippen LogP contribution in [0.1, 0.15) is 30.5 Å². The first kappa shape index (κ1) is 15.1. The Morgan fingerprint density at radius 3 is 2.62 bits per heavy atom. The SMILES string of the molecule is Cc1nc2nc(C3CCOCC3)nc(-c3ccc(F)cc3F)c2o1. The summed E-state index contributed by atoms with van der Waals surface area (Å²) < 4.78 is 38.4. The molecule has 7 heteroatoms. The zero-order valence-corrected chi connectivity index (χ0v) is 13.1. The van der Waals surface area contributed by atoms with Crippen molar-refractivity contribution in [2.45, 2.75) is 25.7 Å². The van der Waals surface area contributed by atoms with Gasteiger partial charge in [-0.1, -0.05) is 0 Å². The molecule has 4 rings (SSSR count). The number of ether oxygens (including phenoxy) is 1. The molecular formula is C17H15F2N3O2. The zero-order chi connectivity index (χ0) is 16.7. The van der Waals surface area contributed by atoms with Gasteiger partial charge in [-0.15, -0.1) is 0 Å². The molecule has 0 atom stereocenters. The van der Waals surface area contributed by atoms with Crippen LogP contribution >= 0.6 is 0 Å². The number of nitrogens with zero attached hydrogens (tertiary/aromatic N) is 3. The summed E-state index contributed by atoms with van der Waals surface area (Å²) in [6, 6.07) is 3.39. The van der Waals surface area contributed by atoms with Crippen LogP contribution in [0, 0.1) is 18.6 Å². The molecule has 0 N–H and O–H groups in total. The second kappa shape index (κ2) is 5.90. The quantitative estimate of drug-likeness (QED) is 0.715. The van der Waals surface area contributed by atoms with Crippen molar-refractivity contribution in [3.63, 3.8) is 0 Å². The lowest BCUT2D eigenvalue weighted by atomic mass is 9.99. The van der Waals surface area contributed by atoms with E-state index in [0.29, 0.717) is 41.9 Å². The van der Waals surface area contributed by atoms with Crippen LogP contribution in [0.5, 0.6) is 0 Å². The Labute approximate surface area is 136 Å². The Kier molecular flexibility index (Phi) is 3.72. The molecule has 1 aromatic carbocycles. The van der Waals surface area contributed by atoms with Crippen molar-refractivity contribution in [3.8, 4) is 11.3 Å². The second-order valence-electron chi connectivity index (χ2n) is 5.83. The van der Waals surface area contributed by atoms with Crippen LogP contribution in [0.25, 0.3) is 22.5 Å². The molecule has 0 aliphatic carbocycles. The molecule has 3 heterocycles. The molecule has 5 nitrogen and oxygen atoms in total. The molecule has 0 unspecified atom stereocenters. The van der Waals surface area contributed by atoms with E-state index in [1.165, 1.54) is 12.1 Å². The highest BCUT2D eigenvalue weighted by atomic mass is 19.1. The average molecular weight is 331 g/mol. The summed E-state index contributed by atoms with van der Waals surface area (Å²) in [5, 5.41) is 0. The molecule has 0 spiro atoms. The van der Waals surface area contributed by atoms with Gasteiger partial charge >= 0.3 is 0 Å². The van der Waals surface area contributed by atoms with Gasteiger partial charge in [-0.05, 0) is 25.0 Å². The number of hydrogen-bond donors (Lipinski definition) is 0. The lowest BCUT2D eigenvalue weighted by Crippen LogP contribution is -2.16. The number of rotatable bonds is 2. The molecule has 1 aliphatic rings. The second-order valence-corrected chi connectivity index (χ2v) is 5.83. The van der Waals surface area contributed by atoms with E-state index in [2.05, 4.69) is 15.0 Å². The lowest BCUT2D eigenvalue weighted by molar-refractivity contribution is 0.0836. The fourth-order valence-corrected chi connectivity index (χ4v) is 2.95. The number of oxazole rings is 1. The highest BCUT2D eigenvalue weighted by molar-refractivity contribution is 5.85. The first-order valence-electron chi connectivity index (χ1n) is 7.80. The maximum atomic E-state index is 14.3. The van der Waals surface area contributed by atoms with E-state index in [1.807, 2.05) is 0 Å². The van der Waals surface area contributed by atoms with Gasteiger partial charge in [0.15, 0.2) is 11.5 Å². The average Bonchev–Trinajstić information content (AvgIpc) is 2.95. The molecule has 124 valence electrons. The maximum Gasteiger partial charge on any atom is 0.202 e. The van der Waals surface area contributed by atoms with Gasteiger partial charge in [0, 0.05) is 37.7 Å². The topological polar surface area (TPSA) is 61.0 Å². The molecule has 0 amide bonds. The molecule has 0 bridgehead atoms. The van der Waals surface area contributed by atoms with Crippen LogP contribution in [-0.4, -0.2) is 28.2 Å². The minimum Gasteiger partial charge on any atom is -0.437 e. The number of benzene rings is 1. The van der Waals surface area contributed by atoms with Gasteiger partial charge in [0.25, 0.3) is 0 Å². The molecule has 0 radical (unpaired) electrons. The summed E-state index contributed by atoms with van der Waals surface area (Å²) in [7, 11) is 0. The van der Waals surface area contributed by atoms with Gasteiger partial charge in [-0.25, -0.2) is 18.7 Å². The van der Waals surface area contributed by atoms with E-state index >= 15 is 0 Å². The normalized spacial score (nSPS) is 16.0. The highest BCUT2D eigenvalue weighted by Gasteiger charge is 2.24. The molecule has 24 heavy (non-hydrogen) atoms. The Bertz CT molecular complexity index is 904. The minimum absolute atomic E-state index is 0.127. The highest BCUT2D eigenvalue weighted by Crippen LogP contribution is 2.32. The van der Waals surface area contributed by atoms with E-state index in [4.69, 9.17) is 9.15 Å². The summed E-state index contributed by atoms with van der Waals surface area (Å²) in [6.45, 7) is 2.98. The molecule has 1 saturated heterocycles. The molecule has 3 aromatic rings. The van der Waals surface area contributed by atoms with Gasteiger partial charge < -0.3 is 9.15 Å². The van der Waals surface area contributed by atoms with Gasteiger partial charge in [-0.2, -0.15) is 4.98 Å². The first-order valence-corrected chi connectivity index (χ1v) is 7.80. The number of halogens is 2. The first-order chi connectivity index (χ1) is 11.6. The van der Waals surface area contributed by atoms with Crippen LogP contribution in [-0.2, 0) is 4.74 Å². The smallest absolute Gasteiger partial charge is 0.202 e. The van der Waals surface area contributed by atoms with Crippen LogP contribution < -0.4 is 0 Å². The fourth-order valence-electron chi connectivity index (χ4n) is 2.95. The number of hydrogen-bond acceptors (Lipinski definition) is 5. The Morgan fingerprint density at radius 1 is 1.08 bits per heavy atom. The fraction of sp³-hybridized carbons (Fsp3) is 0.353. The van der Waals surface area contributed by atoms with Crippen molar-refractivity contribution >= 4 is 11.2 Å². The molecule has 1 fully saturated rings. The van der Waals surface area contributed by atoms with Crippen LogP contribution in [0.4, 0.5) is 8.78 Å². The summed E-state index contributed by atoms with van der Waals surface area (Å²) in [5.74, 6) is -0.186. The third kappa shape index (κ3) is 2.65. The predicted octanol–water partition coefficient (Wildman–Crippen LogP) is 3.77. The molecule has 2 aromatic heterocycles. The standard InChI is InChI=1S/C17H15F2N3O2/c1-9-20-17-15(24-9)14(12-3-2-11(18)8-13(12)19)21-16(22-17)10-4-6-23-7-5-10/h2-3,8,10H,4-7H2,1H3. The van der Waals surface area contributed by atoms with Crippen molar-refractivity contribution in [2.24, 2.45) is 0 Å². The third-order valence-corrected chi connectivity index (χ3v) is 4.15. The number of aryl methyl sites for hydroxylation is 1. The van der Waals surface area contributed by atoms with Gasteiger partial charge in [0.1, 0.15) is 23.2 Å². The molecule has 0 saturated carbocycles. The van der Waals surface area contributed by atoms with Crippen molar-refractivity contribution < 1.29 is 17.9 Å². The van der Waals surface area contributed by atoms with Crippen molar-refractivity contribution in [3.05, 3.63) is 41.5 Å². The van der Waals surface area contributed by atoms with Gasteiger partial charge in [-0.3, -0.25) is 0 Å². The van der Waals surface area contributed by atoms with E-state index < -0.39 is 11.6 Å². The summed E-state index contributed by atoms with van der Waals surface area (Å²) in [4.78, 5) is 13.3. The summed E-state index contributed by atoms with van der Waals surface area (Å²) >= 11 is 0. The van der Waals surface area contributed by atoms with E-state index in [-0.39, 0.29) is 11.5 Å². The van der Waals surface area contributed by atoms with E-state index in [0.717, 1.165) is 18.9 Å². The Hall–Kier alpha value is -2.41. The van der Waals surface area contributed by atoms with E-state index in [9.17, 15) is 8.78 Å². The van der Waals surface area contributed by atoms with E-state index in [1.54, 1.807) is 6.92 Å². The third-order valence-electron chi connectivity index (χ3n) is 4.15. The summed E-state index contributed by atoms with van der Waals surface area (Å²) in [5.41, 5.74) is 1.18. The largest absolute Gasteiger partial charge is 0.437 e. The lowest BCUT2D eigenvalue weighted by Gasteiger charge is -2.21. The van der Waals surface area contributed by atoms with Gasteiger partial charge in [0.2, 0.25) is 5.65 Å². The Balaban J connectivity index is 1.91. The zero-order valence-electron chi connectivity index (χ0n) is 13.1. The molecular weight excluding hydrogens is 316 g/mol. The van der Waals surface area contributed by atoms with Crippen LogP contribution in [0.2, 0.25) is 0 Å².